The van der Waals surface area contributed by atoms with Gasteiger partial charge in [0.05, 0.1) is 4.88 Å². The molecule has 0 aliphatic carbocycles. The summed E-state index contributed by atoms with van der Waals surface area (Å²) in [5.41, 5.74) is 2.39. The molecule has 0 saturated heterocycles. The van der Waals surface area contributed by atoms with Crippen LogP contribution < -0.4 is 0 Å². The Hall–Kier alpha value is -1.61. The van der Waals surface area contributed by atoms with Crippen molar-refractivity contribution in [3.63, 3.8) is 0 Å². The first-order chi connectivity index (χ1) is 9.66. The molecule has 0 saturated carbocycles. The van der Waals surface area contributed by atoms with E-state index in [0.717, 1.165) is 16.7 Å². The Bertz CT molecular complexity index is 643. The van der Waals surface area contributed by atoms with E-state index >= 15 is 0 Å². The number of hydrogen-bond donors (Lipinski definition) is 1. The molecule has 0 bridgehead atoms. The lowest BCUT2D eigenvalue weighted by Crippen LogP contribution is -2.17. The lowest BCUT2D eigenvalue weighted by molar-refractivity contribution is -0.111. The molecule has 1 aromatic heterocycles. The molecule has 0 spiro atoms. The first-order valence-electron chi connectivity index (χ1n) is 7.05. The van der Waals surface area contributed by atoms with E-state index in [1.54, 1.807) is 0 Å². The van der Waals surface area contributed by atoms with Gasteiger partial charge < -0.3 is 9.90 Å². The Morgan fingerprint density at radius 2 is 1.62 bits per heavy atom. The highest BCUT2D eigenvalue weighted by molar-refractivity contribution is 7.14. The fourth-order valence-corrected chi connectivity index (χ4v) is 3.34. The maximum atomic E-state index is 11.2. The molecule has 0 unspecified atom stereocenters. The van der Waals surface area contributed by atoms with Crippen LogP contribution in [0.4, 0.5) is 0 Å². The van der Waals surface area contributed by atoms with Crippen LogP contribution in [0.3, 0.4) is 0 Å². The maximum absolute atomic E-state index is 11.2. The van der Waals surface area contributed by atoms with Gasteiger partial charge in [-0.1, -0.05) is 45.0 Å². The number of aldehydes is 1. The van der Waals surface area contributed by atoms with Crippen LogP contribution in [-0.2, 0) is 15.6 Å². The van der Waals surface area contributed by atoms with Crippen molar-refractivity contribution in [2.24, 2.45) is 0 Å². The molecule has 2 aromatic rings. The molecule has 2 rings (SSSR count). The number of carbonyl (C=O) groups excluding carboxylic acids is 1. The first-order valence-corrected chi connectivity index (χ1v) is 7.93. The van der Waals surface area contributed by atoms with Crippen LogP contribution in [0.25, 0.3) is 10.4 Å². The SMILES string of the molecule is CC(C)(C)c1ccc(-c2scc(C(C)(C)C=O)c2O)cc1. The molecule has 0 atom stereocenters. The second kappa shape index (κ2) is 5.30. The van der Waals surface area contributed by atoms with Crippen molar-refractivity contribution in [2.75, 3.05) is 0 Å². The summed E-state index contributed by atoms with van der Waals surface area (Å²) in [7, 11) is 0. The Morgan fingerprint density at radius 1 is 1.05 bits per heavy atom. The number of rotatable bonds is 3. The summed E-state index contributed by atoms with van der Waals surface area (Å²) < 4.78 is 0. The lowest BCUT2D eigenvalue weighted by atomic mass is 9.86. The largest absolute Gasteiger partial charge is 0.506 e. The molecule has 1 heterocycles. The second-order valence-electron chi connectivity index (χ2n) is 6.99. The van der Waals surface area contributed by atoms with E-state index in [1.807, 2.05) is 31.4 Å². The fourth-order valence-electron chi connectivity index (χ4n) is 2.20. The van der Waals surface area contributed by atoms with Gasteiger partial charge in [-0.2, -0.15) is 0 Å². The molecule has 2 nitrogen and oxygen atoms in total. The smallest absolute Gasteiger partial charge is 0.138 e. The molecule has 112 valence electrons. The van der Waals surface area contributed by atoms with Gasteiger partial charge in [0.25, 0.3) is 0 Å². The standard InChI is InChI=1S/C18H22O2S/c1-17(2,3)13-8-6-12(7-9-13)16-15(20)14(10-21-16)18(4,5)11-19/h6-11,20H,1-5H3. The summed E-state index contributed by atoms with van der Waals surface area (Å²) in [6.07, 6.45) is 0.876. The van der Waals surface area contributed by atoms with Crippen LogP contribution in [0.5, 0.6) is 5.75 Å². The van der Waals surface area contributed by atoms with E-state index in [0.29, 0.717) is 5.56 Å². The van der Waals surface area contributed by atoms with Crippen LogP contribution in [-0.4, -0.2) is 11.4 Å². The van der Waals surface area contributed by atoms with Crippen molar-refractivity contribution < 1.29 is 9.90 Å². The molecule has 0 amide bonds. The van der Waals surface area contributed by atoms with Gasteiger partial charge in [0.1, 0.15) is 12.0 Å². The fraction of sp³-hybridized carbons (Fsp3) is 0.389. The Labute approximate surface area is 130 Å². The first kappa shape index (κ1) is 15.8. The summed E-state index contributed by atoms with van der Waals surface area (Å²) in [5, 5.41) is 12.3. The van der Waals surface area contributed by atoms with Gasteiger partial charge in [-0.25, -0.2) is 0 Å². The Kier molecular flexibility index (Phi) is 3.98. The highest BCUT2D eigenvalue weighted by atomic mass is 32.1. The van der Waals surface area contributed by atoms with Crippen molar-refractivity contribution in [2.45, 2.75) is 45.4 Å². The number of thiophene rings is 1. The third-order valence-corrected chi connectivity index (χ3v) is 4.79. The lowest BCUT2D eigenvalue weighted by Gasteiger charge is -2.19. The molecule has 1 N–H and O–H groups in total. The zero-order valence-corrected chi connectivity index (χ0v) is 14.0. The third-order valence-electron chi connectivity index (χ3n) is 3.77. The highest BCUT2D eigenvalue weighted by Gasteiger charge is 2.26. The van der Waals surface area contributed by atoms with Crippen LogP contribution in [0.1, 0.15) is 45.7 Å². The van der Waals surface area contributed by atoms with Crippen molar-refractivity contribution in [1.82, 2.24) is 0 Å². The Morgan fingerprint density at radius 3 is 2.10 bits per heavy atom. The topological polar surface area (TPSA) is 37.3 Å². The molecule has 0 radical (unpaired) electrons. The minimum atomic E-state index is -0.663. The molecule has 1 aromatic carbocycles. The van der Waals surface area contributed by atoms with Gasteiger partial charge in [0.2, 0.25) is 0 Å². The van der Waals surface area contributed by atoms with E-state index in [2.05, 4.69) is 32.9 Å². The van der Waals surface area contributed by atoms with Crippen molar-refractivity contribution in [1.29, 1.82) is 0 Å². The Balaban J connectivity index is 2.42. The number of hydrogen-bond acceptors (Lipinski definition) is 3. The zero-order chi connectivity index (χ0) is 15.8. The van der Waals surface area contributed by atoms with Gasteiger partial charge in [-0.3, -0.25) is 0 Å². The molecule has 3 heteroatoms. The van der Waals surface area contributed by atoms with Crippen LogP contribution >= 0.6 is 11.3 Å². The van der Waals surface area contributed by atoms with E-state index in [-0.39, 0.29) is 11.2 Å². The molecule has 0 aliphatic heterocycles. The number of aromatic hydroxyl groups is 1. The van der Waals surface area contributed by atoms with Gasteiger partial charge in [-0.15, -0.1) is 11.3 Å². The van der Waals surface area contributed by atoms with Crippen molar-refractivity contribution in [3.8, 4) is 16.2 Å². The molecule has 0 fully saturated rings. The average molecular weight is 302 g/mol. The number of benzene rings is 1. The quantitative estimate of drug-likeness (QED) is 0.819. The predicted octanol–water partition coefficient (Wildman–Crippen LogP) is 4.89. The van der Waals surface area contributed by atoms with Crippen LogP contribution in [0.15, 0.2) is 29.6 Å². The van der Waals surface area contributed by atoms with E-state index in [9.17, 15) is 9.90 Å². The third kappa shape index (κ3) is 3.03. The summed E-state index contributed by atoms with van der Waals surface area (Å²) >= 11 is 1.48. The van der Waals surface area contributed by atoms with Crippen LogP contribution in [0, 0.1) is 0 Å². The average Bonchev–Trinajstić information content (AvgIpc) is 2.80. The predicted molar refractivity (Wildman–Crippen MR) is 89.2 cm³/mol. The van der Waals surface area contributed by atoms with Crippen molar-refractivity contribution >= 4 is 17.6 Å². The summed E-state index contributed by atoms with van der Waals surface area (Å²) in [5.74, 6) is 0.223. The minimum absolute atomic E-state index is 0.112. The van der Waals surface area contributed by atoms with E-state index in [4.69, 9.17) is 0 Å². The minimum Gasteiger partial charge on any atom is -0.506 e. The van der Waals surface area contributed by atoms with E-state index < -0.39 is 5.41 Å². The second-order valence-corrected chi connectivity index (χ2v) is 7.87. The summed E-state index contributed by atoms with van der Waals surface area (Å²) in [6, 6.07) is 8.26. The van der Waals surface area contributed by atoms with E-state index in [1.165, 1.54) is 16.9 Å². The molecule has 21 heavy (non-hydrogen) atoms. The zero-order valence-electron chi connectivity index (χ0n) is 13.2. The monoisotopic (exact) mass is 302 g/mol. The molecular formula is C18H22O2S. The van der Waals surface area contributed by atoms with Crippen LogP contribution in [0.2, 0.25) is 0 Å². The number of carbonyl (C=O) groups is 1. The summed E-state index contributed by atoms with van der Waals surface area (Å²) in [4.78, 5) is 12.0. The van der Waals surface area contributed by atoms with Gasteiger partial charge in [0.15, 0.2) is 0 Å². The summed E-state index contributed by atoms with van der Waals surface area (Å²) in [6.45, 7) is 10.2. The normalized spacial score (nSPS) is 12.4. The van der Waals surface area contributed by atoms with Gasteiger partial charge >= 0.3 is 0 Å². The van der Waals surface area contributed by atoms with Crippen molar-refractivity contribution in [3.05, 3.63) is 40.8 Å². The highest BCUT2D eigenvalue weighted by Crippen LogP contribution is 2.43. The molecule has 0 aliphatic rings. The van der Waals surface area contributed by atoms with Gasteiger partial charge in [0, 0.05) is 11.0 Å². The maximum Gasteiger partial charge on any atom is 0.138 e. The molecular weight excluding hydrogens is 280 g/mol. The van der Waals surface area contributed by atoms with Gasteiger partial charge in [-0.05, 0) is 35.8 Å².